The summed E-state index contributed by atoms with van der Waals surface area (Å²) in [6.45, 7) is 40.4. The van der Waals surface area contributed by atoms with Crippen molar-refractivity contribution in [1.82, 2.24) is 0 Å². The van der Waals surface area contributed by atoms with Crippen molar-refractivity contribution >= 4 is 48.9 Å². The molecule has 7 nitrogen and oxygen atoms in total. The highest BCUT2D eigenvalue weighted by atomic mass is 31.3. The van der Waals surface area contributed by atoms with Crippen molar-refractivity contribution in [3.8, 4) is 0 Å². The van der Waals surface area contributed by atoms with Gasteiger partial charge in [0.1, 0.15) is 0 Å². The molecule has 0 aliphatic carbocycles. The van der Waals surface area contributed by atoms with Crippen LogP contribution < -0.4 is 0 Å². The second-order valence-corrected chi connectivity index (χ2v) is 39.8. The summed E-state index contributed by atoms with van der Waals surface area (Å²) in [6, 6.07) is 0. The minimum atomic E-state index is -4.40. The summed E-state index contributed by atoms with van der Waals surface area (Å²) in [5.74, 6) is 0. The van der Waals surface area contributed by atoms with Crippen LogP contribution in [0.3, 0.4) is 0 Å². The smallest absolute Gasteiger partial charge is 0.329 e. The molecule has 0 radical (unpaired) electrons. The first kappa shape index (κ1) is 38.1. The van der Waals surface area contributed by atoms with Crippen LogP contribution in [0.4, 0.5) is 0 Å². The molecule has 0 spiro atoms. The fraction of sp³-hybridized carbons (Fsp3) is 1.00. The average Bonchev–Trinajstić information content (AvgIpc) is 2.46. The summed E-state index contributed by atoms with van der Waals surface area (Å²) < 4.78 is 61.2. The molecule has 224 valence electrons. The van der Waals surface area contributed by atoms with Gasteiger partial charge in [0.15, 0.2) is 0 Å². The van der Waals surface area contributed by atoms with Crippen LogP contribution in [0.15, 0.2) is 0 Å². The maximum absolute atomic E-state index is 14.7. The highest BCUT2D eigenvalue weighted by Gasteiger charge is 2.57. The third-order valence-electron chi connectivity index (χ3n) is 8.78. The van der Waals surface area contributed by atoms with Crippen molar-refractivity contribution < 1.29 is 30.3 Å². The molecule has 0 aromatic carbocycles. The number of rotatable bonds is 10. The summed E-state index contributed by atoms with van der Waals surface area (Å²) >= 11 is 0. The molecule has 37 heavy (non-hydrogen) atoms. The first-order chi connectivity index (χ1) is 15.5. The molecule has 0 saturated heterocycles. The zero-order chi connectivity index (χ0) is 30.5. The number of hydrogen-bond acceptors (Lipinski definition) is 7. The zero-order valence-electron chi connectivity index (χ0n) is 27.8. The van der Waals surface area contributed by atoms with Gasteiger partial charge in [-0.05, 0) is 72.5 Å². The molecule has 0 aliphatic heterocycles. The third-order valence-corrected chi connectivity index (χ3v) is 35.7. The second-order valence-electron chi connectivity index (χ2n) is 16.4. The first-order valence-electron chi connectivity index (χ1n) is 13.3. The van der Waals surface area contributed by atoms with E-state index in [2.05, 4.69) is 0 Å². The molecule has 0 aromatic heterocycles. The van der Waals surface area contributed by atoms with E-state index in [-0.39, 0.29) is 20.2 Å². The largest absolute Gasteiger partial charge is 0.464 e. The summed E-state index contributed by atoms with van der Waals surface area (Å²) in [5.41, 5.74) is 0. The van der Waals surface area contributed by atoms with E-state index in [1.165, 1.54) is 0 Å². The van der Waals surface area contributed by atoms with Crippen LogP contribution in [0.5, 0.6) is 0 Å². The highest BCUT2D eigenvalue weighted by Crippen LogP contribution is 2.72. The molecule has 0 saturated carbocycles. The Balaban J connectivity index is 7.07. The van der Waals surface area contributed by atoms with Crippen LogP contribution in [-0.2, 0) is 30.3 Å². The highest BCUT2D eigenvalue weighted by molar-refractivity contribution is 7.65. The fourth-order valence-electron chi connectivity index (χ4n) is 1.89. The third kappa shape index (κ3) is 10.2. The van der Waals surface area contributed by atoms with Gasteiger partial charge in [-0.25, -0.2) is 9.13 Å². The van der Waals surface area contributed by atoms with Crippen molar-refractivity contribution in [2.45, 2.75) is 156 Å². The molecule has 0 N–H and O–H groups in total. The lowest BCUT2D eigenvalue weighted by atomic mass is 10.2. The van der Waals surface area contributed by atoms with Crippen molar-refractivity contribution in [1.29, 1.82) is 0 Å². The van der Waals surface area contributed by atoms with Gasteiger partial charge in [0, 0.05) is 0 Å². The summed E-state index contributed by atoms with van der Waals surface area (Å²) in [5, 5.41) is -1.14. The maximum Gasteiger partial charge on any atom is 0.464 e. The van der Waals surface area contributed by atoms with Gasteiger partial charge in [0.05, 0.1) is 0 Å². The van der Waals surface area contributed by atoms with Crippen molar-refractivity contribution in [3.63, 3.8) is 0 Å². The molecule has 0 aliphatic rings. The molecular weight excluding hydrogens is 575 g/mol. The minimum Gasteiger partial charge on any atom is -0.329 e. The Bertz CT molecular complexity index is 755. The number of phosphoric acid groups is 2. The zero-order valence-corrected chi connectivity index (χ0v) is 33.5. The average molecular weight is 635 g/mol. The molecular formula is C24H60O7P2Si4. The number of hydrogen-bond donors (Lipinski definition) is 0. The van der Waals surface area contributed by atoms with Gasteiger partial charge in [-0.2, -0.15) is 4.31 Å². The Morgan fingerprint density at radius 2 is 0.514 bits per heavy atom. The standard InChI is InChI=1S/C24H60O7P2Si4/c1-21(2,3)34(13,14)28-32(25,29-35(15,16)22(4,5)6)27-33(26,30-36(17,18)23(7,8)9)31-37(19,20)24(10,11)12/h1-20H3. The van der Waals surface area contributed by atoms with Gasteiger partial charge in [0.2, 0.25) is 33.3 Å². The van der Waals surface area contributed by atoms with E-state index in [0.29, 0.717) is 0 Å². The Hall–Kier alpha value is 1.13. The molecule has 0 bridgehead atoms. The van der Waals surface area contributed by atoms with E-state index in [1.807, 2.05) is 135 Å². The van der Waals surface area contributed by atoms with Gasteiger partial charge in [-0.1, -0.05) is 83.1 Å². The summed E-state index contributed by atoms with van der Waals surface area (Å²) in [4.78, 5) is 0. The Morgan fingerprint density at radius 1 is 0.378 bits per heavy atom. The molecule has 0 fully saturated rings. The molecule has 0 heterocycles. The van der Waals surface area contributed by atoms with Crippen LogP contribution in [0, 0.1) is 0 Å². The fourth-order valence-corrected chi connectivity index (χ4v) is 18.9. The van der Waals surface area contributed by atoms with Crippen molar-refractivity contribution in [2.75, 3.05) is 0 Å². The van der Waals surface area contributed by atoms with E-state index in [1.54, 1.807) is 0 Å². The lowest BCUT2D eigenvalue weighted by Crippen LogP contribution is -2.45. The topological polar surface area (TPSA) is 80.3 Å². The van der Waals surface area contributed by atoms with E-state index in [4.69, 9.17) is 21.2 Å². The quantitative estimate of drug-likeness (QED) is 0.175. The molecule has 0 aromatic rings. The summed E-state index contributed by atoms with van der Waals surface area (Å²) in [7, 11) is -19.6. The van der Waals surface area contributed by atoms with Gasteiger partial charge >= 0.3 is 15.6 Å². The lowest BCUT2D eigenvalue weighted by Gasteiger charge is -2.45. The maximum atomic E-state index is 14.7. The van der Waals surface area contributed by atoms with Gasteiger partial charge < -0.3 is 16.9 Å². The van der Waals surface area contributed by atoms with E-state index >= 15 is 0 Å². The molecule has 13 heteroatoms. The van der Waals surface area contributed by atoms with Crippen LogP contribution in [-0.4, -0.2) is 33.3 Å². The Labute approximate surface area is 234 Å². The normalized spacial score (nSPS) is 16.3. The summed E-state index contributed by atoms with van der Waals surface area (Å²) in [6.07, 6.45) is 0. The van der Waals surface area contributed by atoms with E-state index in [9.17, 15) is 9.13 Å². The lowest BCUT2D eigenvalue weighted by molar-refractivity contribution is 0.225. The molecule has 0 rings (SSSR count). The van der Waals surface area contributed by atoms with Crippen molar-refractivity contribution in [2.24, 2.45) is 0 Å². The van der Waals surface area contributed by atoms with E-state index in [0.717, 1.165) is 0 Å². The van der Waals surface area contributed by atoms with Crippen LogP contribution in [0.2, 0.25) is 72.5 Å². The van der Waals surface area contributed by atoms with Crippen LogP contribution in [0.1, 0.15) is 83.1 Å². The van der Waals surface area contributed by atoms with Gasteiger partial charge in [-0.15, -0.1) is 0 Å². The predicted molar refractivity (Wildman–Crippen MR) is 169 cm³/mol. The SMILES string of the molecule is CC(C)(C)[Si](C)(C)OP(=O)(O[Si](C)(C)C(C)(C)C)OP(=O)(O[Si](C)(C)C(C)(C)C)O[Si](C)(C)C(C)(C)C. The van der Waals surface area contributed by atoms with Crippen molar-refractivity contribution in [3.05, 3.63) is 0 Å². The van der Waals surface area contributed by atoms with Crippen LogP contribution >= 0.6 is 15.6 Å². The van der Waals surface area contributed by atoms with Crippen LogP contribution in [0.25, 0.3) is 0 Å². The van der Waals surface area contributed by atoms with Gasteiger partial charge in [-0.3, -0.25) is 0 Å². The first-order valence-corrected chi connectivity index (χ1v) is 27.8. The second kappa shape index (κ2) is 11.1. The minimum absolute atomic E-state index is 0.284. The Morgan fingerprint density at radius 3 is 0.622 bits per heavy atom. The predicted octanol–water partition coefficient (Wildman–Crippen LogP) is 11.3. The molecule has 0 atom stereocenters. The Kier molecular flexibility index (Phi) is 11.4. The van der Waals surface area contributed by atoms with E-state index < -0.39 is 48.9 Å². The molecule has 0 unspecified atom stereocenters. The molecule has 0 amide bonds. The monoisotopic (exact) mass is 634 g/mol. The van der Waals surface area contributed by atoms with Gasteiger partial charge in [0.25, 0.3) is 0 Å².